The number of carbonyl (C=O) groups excluding carboxylic acids is 3. The average molecular weight is 1050 g/mol. The molecule has 0 aliphatic carbocycles. The predicted octanol–water partition coefficient (Wildman–Crippen LogP) is 22.6. The zero-order valence-electron chi connectivity index (χ0n) is 51.1. The van der Waals surface area contributed by atoms with Crippen molar-refractivity contribution in [3.05, 3.63) is 0 Å². The Morgan fingerprint density at radius 2 is 0.473 bits per heavy atom. The molecule has 0 aromatic heterocycles. The van der Waals surface area contributed by atoms with E-state index in [1.165, 1.54) is 263 Å². The Morgan fingerprint density at radius 3 is 0.703 bits per heavy atom. The minimum Gasteiger partial charge on any atom is -0.462 e. The van der Waals surface area contributed by atoms with Gasteiger partial charge in [-0.25, -0.2) is 0 Å². The standard InChI is InChI=1S/C68H132O6/c1-7-63(5)55-49-43-37-31-25-19-13-11-9-10-12-14-21-27-33-39-45-51-57-66(69)72-60-65(74-68(71)59-53-47-41-35-29-23-17-18-24-30-36-42-48-54-62(3)4)61-73-67(70)58-52-46-40-34-28-22-16-15-20-26-32-38-44-50-56-64(6)8-2/h62-65H,7-61H2,1-6H3/t63?,64?,65-/m1/s1. The fourth-order valence-corrected chi connectivity index (χ4v) is 10.5. The first-order chi connectivity index (χ1) is 36.2. The van der Waals surface area contributed by atoms with Gasteiger partial charge in [0.2, 0.25) is 0 Å². The summed E-state index contributed by atoms with van der Waals surface area (Å²) in [4.78, 5) is 38.4. The van der Waals surface area contributed by atoms with Crippen LogP contribution in [0.15, 0.2) is 0 Å². The molecule has 0 N–H and O–H groups in total. The summed E-state index contributed by atoms with van der Waals surface area (Å²) in [5, 5.41) is 0. The van der Waals surface area contributed by atoms with E-state index in [4.69, 9.17) is 14.2 Å². The molecule has 0 aliphatic heterocycles. The third-order valence-corrected chi connectivity index (χ3v) is 16.4. The fraction of sp³-hybridized carbons (Fsp3) is 0.956. The summed E-state index contributed by atoms with van der Waals surface area (Å²) in [7, 11) is 0. The Balaban J connectivity index is 4.27. The quantitative estimate of drug-likeness (QED) is 0.0343. The van der Waals surface area contributed by atoms with Crippen molar-refractivity contribution in [1.29, 1.82) is 0 Å². The number of esters is 3. The van der Waals surface area contributed by atoms with E-state index in [0.717, 1.165) is 75.5 Å². The molecule has 0 aromatic rings. The van der Waals surface area contributed by atoms with E-state index < -0.39 is 6.10 Å². The highest BCUT2D eigenvalue weighted by atomic mass is 16.6. The van der Waals surface area contributed by atoms with Gasteiger partial charge in [0.1, 0.15) is 13.2 Å². The molecule has 2 unspecified atom stereocenters. The molecule has 0 spiro atoms. The van der Waals surface area contributed by atoms with Crippen LogP contribution in [0.4, 0.5) is 0 Å². The van der Waals surface area contributed by atoms with Gasteiger partial charge in [0, 0.05) is 19.3 Å². The van der Waals surface area contributed by atoms with E-state index in [1.54, 1.807) is 0 Å². The SMILES string of the molecule is CCC(C)CCCCCCCCCCCCCCCCCCCCC(=O)OC[C@H](COC(=O)CCCCCCCCCCCCCCCCC(C)CC)OC(=O)CCCCCCCCCCCCCCCC(C)C. The molecule has 0 saturated carbocycles. The van der Waals surface area contributed by atoms with Gasteiger partial charge in [-0.2, -0.15) is 0 Å². The topological polar surface area (TPSA) is 78.9 Å². The van der Waals surface area contributed by atoms with Gasteiger partial charge in [-0.05, 0) is 37.0 Å². The molecule has 0 radical (unpaired) electrons. The first-order valence-corrected chi connectivity index (χ1v) is 33.7. The molecule has 74 heavy (non-hydrogen) atoms. The molecule has 6 nitrogen and oxygen atoms in total. The zero-order valence-corrected chi connectivity index (χ0v) is 51.1. The Morgan fingerprint density at radius 1 is 0.270 bits per heavy atom. The van der Waals surface area contributed by atoms with Gasteiger partial charge in [0.25, 0.3) is 0 Å². The Bertz CT molecular complexity index is 1150. The van der Waals surface area contributed by atoms with Crippen LogP contribution in [0, 0.1) is 17.8 Å². The van der Waals surface area contributed by atoms with Crippen LogP contribution in [0.3, 0.4) is 0 Å². The lowest BCUT2D eigenvalue weighted by Crippen LogP contribution is -2.30. The van der Waals surface area contributed by atoms with Gasteiger partial charge in [-0.3, -0.25) is 14.4 Å². The third-order valence-electron chi connectivity index (χ3n) is 16.4. The van der Waals surface area contributed by atoms with E-state index in [-0.39, 0.29) is 31.1 Å². The monoisotopic (exact) mass is 1050 g/mol. The molecule has 0 fully saturated rings. The molecule has 0 rings (SSSR count). The lowest BCUT2D eigenvalue weighted by molar-refractivity contribution is -0.167. The lowest BCUT2D eigenvalue weighted by atomic mass is 9.99. The second-order valence-electron chi connectivity index (χ2n) is 24.4. The molecule has 6 heteroatoms. The van der Waals surface area contributed by atoms with Gasteiger partial charge in [-0.15, -0.1) is 0 Å². The molecular formula is C68H132O6. The Hall–Kier alpha value is -1.59. The van der Waals surface area contributed by atoms with Crippen LogP contribution in [0.25, 0.3) is 0 Å². The van der Waals surface area contributed by atoms with E-state index in [1.807, 2.05) is 0 Å². The highest BCUT2D eigenvalue weighted by molar-refractivity contribution is 5.71. The second kappa shape index (κ2) is 59.1. The van der Waals surface area contributed by atoms with Crippen LogP contribution in [0.5, 0.6) is 0 Å². The van der Waals surface area contributed by atoms with Crippen LogP contribution in [0.1, 0.15) is 382 Å². The number of rotatable bonds is 61. The smallest absolute Gasteiger partial charge is 0.306 e. The van der Waals surface area contributed by atoms with Gasteiger partial charge >= 0.3 is 17.9 Å². The van der Waals surface area contributed by atoms with Crippen molar-refractivity contribution >= 4 is 17.9 Å². The van der Waals surface area contributed by atoms with E-state index in [2.05, 4.69) is 41.5 Å². The van der Waals surface area contributed by atoms with Crippen LogP contribution in [-0.4, -0.2) is 37.2 Å². The minimum atomic E-state index is -0.765. The maximum Gasteiger partial charge on any atom is 0.306 e. The Kier molecular flexibility index (Phi) is 57.8. The number of ether oxygens (including phenoxy) is 3. The number of hydrogen-bond donors (Lipinski definition) is 0. The van der Waals surface area contributed by atoms with Crippen molar-refractivity contribution in [2.24, 2.45) is 17.8 Å². The van der Waals surface area contributed by atoms with Crippen LogP contribution in [0.2, 0.25) is 0 Å². The van der Waals surface area contributed by atoms with Crippen LogP contribution < -0.4 is 0 Å². The van der Waals surface area contributed by atoms with Crippen molar-refractivity contribution in [1.82, 2.24) is 0 Å². The van der Waals surface area contributed by atoms with Gasteiger partial charge in [0.15, 0.2) is 6.10 Å². The van der Waals surface area contributed by atoms with Crippen molar-refractivity contribution in [2.45, 2.75) is 388 Å². The molecule has 0 aromatic carbocycles. The van der Waals surface area contributed by atoms with E-state index in [9.17, 15) is 14.4 Å². The summed E-state index contributed by atoms with van der Waals surface area (Å²) in [6.45, 7) is 13.9. The van der Waals surface area contributed by atoms with E-state index in [0.29, 0.717) is 19.3 Å². The first-order valence-electron chi connectivity index (χ1n) is 33.7. The van der Waals surface area contributed by atoms with Crippen molar-refractivity contribution in [2.75, 3.05) is 13.2 Å². The van der Waals surface area contributed by atoms with Crippen molar-refractivity contribution in [3.8, 4) is 0 Å². The molecule has 0 saturated heterocycles. The molecule has 0 heterocycles. The van der Waals surface area contributed by atoms with E-state index >= 15 is 0 Å². The lowest BCUT2D eigenvalue weighted by Gasteiger charge is -2.18. The van der Waals surface area contributed by atoms with Crippen LogP contribution in [-0.2, 0) is 28.6 Å². The summed E-state index contributed by atoms with van der Waals surface area (Å²) >= 11 is 0. The molecule has 440 valence electrons. The molecule has 0 bridgehead atoms. The molecular weight excluding hydrogens is 913 g/mol. The average Bonchev–Trinajstić information content (AvgIpc) is 3.39. The molecule has 0 aliphatic rings. The second-order valence-corrected chi connectivity index (χ2v) is 24.4. The number of unbranched alkanes of at least 4 members (excludes halogenated alkanes) is 42. The van der Waals surface area contributed by atoms with Gasteiger partial charge in [-0.1, -0.05) is 343 Å². The first kappa shape index (κ1) is 72.4. The maximum absolute atomic E-state index is 12.9. The van der Waals surface area contributed by atoms with Gasteiger partial charge in [0.05, 0.1) is 0 Å². The number of carbonyl (C=O) groups is 3. The van der Waals surface area contributed by atoms with Crippen molar-refractivity contribution < 1.29 is 28.6 Å². The number of hydrogen-bond acceptors (Lipinski definition) is 6. The largest absolute Gasteiger partial charge is 0.462 e. The Labute approximate surface area is 463 Å². The predicted molar refractivity (Wildman–Crippen MR) is 321 cm³/mol. The normalized spacial score (nSPS) is 12.9. The highest BCUT2D eigenvalue weighted by Gasteiger charge is 2.20. The minimum absolute atomic E-state index is 0.0623. The molecule has 0 amide bonds. The van der Waals surface area contributed by atoms with Crippen molar-refractivity contribution in [3.63, 3.8) is 0 Å². The highest BCUT2D eigenvalue weighted by Crippen LogP contribution is 2.20. The molecule has 3 atom stereocenters. The summed E-state index contributed by atoms with van der Waals surface area (Å²) in [6, 6.07) is 0. The summed E-state index contributed by atoms with van der Waals surface area (Å²) in [5.74, 6) is 1.81. The summed E-state index contributed by atoms with van der Waals surface area (Å²) in [6.07, 6.45) is 65.2. The fourth-order valence-electron chi connectivity index (χ4n) is 10.5. The summed E-state index contributed by atoms with van der Waals surface area (Å²) < 4.78 is 17.0. The van der Waals surface area contributed by atoms with Gasteiger partial charge < -0.3 is 14.2 Å². The zero-order chi connectivity index (χ0) is 54.1. The summed E-state index contributed by atoms with van der Waals surface area (Å²) in [5.41, 5.74) is 0. The van der Waals surface area contributed by atoms with Crippen LogP contribution >= 0.6 is 0 Å². The maximum atomic E-state index is 12.9. The third kappa shape index (κ3) is 58.1.